The summed E-state index contributed by atoms with van der Waals surface area (Å²) in [6, 6.07) is 7.83. The molecule has 1 fully saturated rings. The zero-order valence-corrected chi connectivity index (χ0v) is 23.5. The van der Waals surface area contributed by atoms with Gasteiger partial charge in [0.2, 0.25) is 9.84 Å². The van der Waals surface area contributed by atoms with Crippen LogP contribution in [0.25, 0.3) is 0 Å². The van der Waals surface area contributed by atoms with Crippen LogP contribution in [0, 0.1) is 0 Å². The van der Waals surface area contributed by atoms with Crippen LogP contribution in [-0.4, -0.2) is 62.4 Å². The summed E-state index contributed by atoms with van der Waals surface area (Å²) in [6.07, 6.45) is 4.47. The molecule has 2 rings (SSSR count). The summed E-state index contributed by atoms with van der Waals surface area (Å²) in [5.74, 6) is -0.433. The maximum atomic E-state index is 13.2. The fourth-order valence-electron chi connectivity index (χ4n) is 3.08. The Morgan fingerprint density at radius 1 is 1.24 bits per heavy atom. The minimum atomic E-state index is -4.08. The number of benzene rings is 1. The van der Waals surface area contributed by atoms with E-state index in [0.717, 1.165) is 0 Å². The van der Waals surface area contributed by atoms with Crippen molar-refractivity contribution in [3.05, 3.63) is 65.0 Å². The molecule has 33 heavy (non-hydrogen) atoms. The Morgan fingerprint density at radius 3 is 2.42 bits per heavy atom. The lowest BCUT2D eigenvalue weighted by molar-refractivity contribution is -0.137. The summed E-state index contributed by atoms with van der Waals surface area (Å²) >= 11 is 0. The highest BCUT2D eigenvalue weighted by Gasteiger charge is 2.34. The summed E-state index contributed by atoms with van der Waals surface area (Å²) in [7, 11) is -5.38. The first kappa shape index (κ1) is 27.1. The molecule has 10 heteroatoms. The lowest BCUT2D eigenvalue weighted by Gasteiger charge is -2.25. The number of carbonyl (C=O) groups excluding carboxylic acids is 1. The van der Waals surface area contributed by atoms with Gasteiger partial charge in [0.05, 0.1) is 10.4 Å². The first-order chi connectivity index (χ1) is 15.2. The first-order valence-corrected chi connectivity index (χ1v) is 18.0. The van der Waals surface area contributed by atoms with Gasteiger partial charge >= 0.3 is 5.97 Å². The van der Waals surface area contributed by atoms with E-state index in [9.17, 15) is 13.2 Å². The number of ether oxygens (including phenoxy) is 2. The zero-order chi connectivity index (χ0) is 24.9. The number of nitrogens with zero attached hydrogens (tertiary/aromatic N) is 1. The van der Waals surface area contributed by atoms with E-state index in [1.54, 1.807) is 24.3 Å². The number of allylic oxidation sites excluding steroid dienone is 2. The van der Waals surface area contributed by atoms with Crippen molar-refractivity contribution in [3.63, 3.8) is 0 Å². The standard InChI is InChI=1S/C23H35NO6SSi2/c1-23(2)18-29-21(24(23)3)15-14-20(31(26,27)19-12-9-8-10-13-19)22(25)28-16-11-17-32(4)30-33(5,6)7/h8-15,17,32H,16,18H2,1-7H3/b17-11+,20-14+,21-15+. The Morgan fingerprint density at radius 2 is 1.88 bits per heavy atom. The second-order valence-electron chi connectivity index (χ2n) is 9.47. The predicted molar refractivity (Wildman–Crippen MR) is 135 cm³/mol. The van der Waals surface area contributed by atoms with Crippen LogP contribution in [0.4, 0.5) is 0 Å². The van der Waals surface area contributed by atoms with Gasteiger partial charge in [0, 0.05) is 7.05 Å². The molecule has 1 unspecified atom stereocenters. The molecule has 0 bridgehead atoms. The van der Waals surface area contributed by atoms with Crippen molar-refractivity contribution >= 4 is 33.2 Å². The molecule has 0 N–H and O–H groups in total. The Hall–Kier alpha value is -2.15. The van der Waals surface area contributed by atoms with Crippen molar-refractivity contribution in [2.24, 2.45) is 0 Å². The number of hydrogen-bond donors (Lipinski definition) is 0. The largest absolute Gasteiger partial charge is 0.477 e. The quantitative estimate of drug-likeness (QED) is 0.285. The van der Waals surface area contributed by atoms with Gasteiger partial charge in [-0.25, -0.2) is 13.2 Å². The SMILES string of the molecule is CN1/C(=C\C=C(/C(=O)OC/C=C/[SiH](C)O[Si](C)(C)C)S(=O)(=O)c2ccccc2)OCC1(C)C. The number of esters is 1. The van der Waals surface area contributed by atoms with Gasteiger partial charge in [-0.2, -0.15) is 0 Å². The van der Waals surface area contributed by atoms with E-state index >= 15 is 0 Å². The van der Waals surface area contributed by atoms with Crippen LogP contribution in [0.3, 0.4) is 0 Å². The average Bonchev–Trinajstić information content (AvgIpc) is 2.97. The Balaban J connectivity index is 2.25. The number of sulfone groups is 1. The van der Waals surface area contributed by atoms with Gasteiger partial charge in [-0.1, -0.05) is 30.0 Å². The highest BCUT2D eigenvalue weighted by Crippen LogP contribution is 2.28. The van der Waals surface area contributed by atoms with E-state index in [-0.39, 0.29) is 17.0 Å². The monoisotopic (exact) mass is 509 g/mol. The second kappa shape index (κ2) is 10.9. The molecule has 1 aliphatic rings. The summed E-state index contributed by atoms with van der Waals surface area (Å²) in [5, 5.41) is 0. The van der Waals surface area contributed by atoms with Crippen LogP contribution >= 0.6 is 0 Å². The Bertz CT molecular complexity index is 1030. The van der Waals surface area contributed by atoms with Crippen molar-refractivity contribution in [3.8, 4) is 0 Å². The molecular weight excluding hydrogens is 474 g/mol. The number of rotatable bonds is 9. The summed E-state index contributed by atoms with van der Waals surface area (Å²) in [6.45, 7) is 12.9. The van der Waals surface area contributed by atoms with E-state index in [4.69, 9.17) is 13.6 Å². The molecule has 1 heterocycles. The van der Waals surface area contributed by atoms with Crippen LogP contribution in [-0.2, 0) is 28.2 Å². The van der Waals surface area contributed by atoms with E-state index in [2.05, 4.69) is 19.6 Å². The molecule has 0 aromatic heterocycles. The second-order valence-corrected chi connectivity index (χ2v) is 18.4. The molecule has 1 saturated heterocycles. The maximum absolute atomic E-state index is 13.2. The van der Waals surface area contributed by atoms with E-state index in [1.165, 1.54) is 24.3 Å². The van der Waals surface area contributed by atoms with Crippen LogP contribution in [0.1, 0.15) is 13.8 Å². The first-order valence-electron chi connectivity index (χ1n) is 10.8. The van der Waals surface area contributed by atoms with Crippen molar-refractivity contribution < 1.29 is 26.8 Å². The van der Waals surface area contributed by atoms with Crippen molar-refractivity contribution in [1.82, 2.24) is 4.90 Å². The van der Waals surface area contributed by atoms with Crippen LogP contribution in [0.15, 0.2) is 69.9 Å². The Kier molecular flexibility index (Phi) is 8.91. The fourth-order valence-corrected chi connectivity index (χ4v) is 9.65. The molecule has 0 aliphatic carbocycles. The molecule has 0 amide bonds. The van der Waals surface area contributed by atoms with Gasteiger partial charge in [-0.15, -0.1) is 0 Å². The Labute approximate surface area is 200 Å². The average molecular weight is 510 g/mol. The third-order valence-corrected chi connectivity index (χ3v) is 11.9. The maximum Gasteiger partial charge on any atom is 0.350 e. The van der Waals surface area contributed by atoms with Crippen molar-refractivity contribution in [2.45, 2.75) is 50.5 Å². The van der Waals surface area contributed by atoms with Gasteiger partial charge in [-0.3, -0.25) is 0 Å². The molecular formula is C23H35NO6SSi2. The zero-order valence-electron chi connectivity index (χ0n) is 20.5. The van der Waals surface area contributed by atoms with Gasteiger partial charge in [0.25, 0.3) is 0 Å². The highest BCUT2D eigenvalue weighted by molar-refractivity contribution is 7.96. The number of carbonyl (C=O) groups is 1. The molecule has 0 spiro atoms. The normalized spacial score (nSPS) is 19.1. The van der Waals surface area contributed by atoms with Crippen molar-refractivity contribution in [1.29, 1.82) is 0 Å². The lowest BCUT2D eigenvalue weighted by atomic mass is 10.1. The smallest absolute Gasteiger partial charge is 0.350 e. The highest BCUT2D eigenvalue weighted by atomic mass is 32.2. The number of likely N-dealkylation sites (N-methyl/N-ethyl adjacent to an activating group) is 1. The number of hydrogen-bond acceptors (Lipinski definition) is 7. The lowest BCUT2D eigenvalue weighted by Crippen LogP contribution is -2.36. The molecule has 1 aromatic rings. The van der Waals surface area contributed by atoms with E-state index in [1.807, 2.05) is 38.0 Å². The molecule has 0 radical (unpaired) electrons. The van der Waals surface area contributed by atoms with Gasteiger partial charge < -0.3 is 18.5 Å². The molecule has 1 aromatic carbocycles. The van der Waals surface area contributed by atoms with Crippen LogP contribution in [0.5, 0.6) is 0 Å². The minimum Gasteiger partial charge on any atom is -0.477 e. The van der Waals surface area contributed by atoms with Gasteiger partial charge in [-0.05, 0) is 64.3 Å². The van der Waals surface area contributed by atoms with Gasteiger partial charge in [0.1, 0.15) is 13.2 Å². The van der Waals surface area contributed by atoms with E-state index < -0.39 is 38.1 Å². The van der Waals surface area contributed by atoms with Crippen LogP contribution < -0.4 is 0 Å². The van der Waals surface area contributed by atoms with Crippen LogP contribution in [0.2, 0.25) is 26.2 Å². The third-order valence-electron chi connectivity index (χ3n) is 4.99. The summed E-state index contributed by atoms with van der Waals surface area (Å²) < 4.78 is 43.4. The molecule has 1 aliphatic heterocycles. The summed E-state index contributed by atoms with van der Waals surface area (Å²) in [4.78, 5) is 14.3. The predicted octanol–water partition coefficient (Wildman–Crippen LogP) is 3.77. The van der Waals surface area contributed by atoms with Crippen molar-refractivity contribution in [2.75, 3.05) is 20.3 Å². The fraction of sp³-hybridized carbons (Fsp3) is 0.435. The molecule has 7 nitrogen and oxygen atoms in total. The molecule has 0 saturated carbocycles. The topological polar surface area (TPSA) is 82.1 Å². The van der Waals surface area contributed by atoms with E-state index in [0.29, 0.717) is 12.5 Å². The molecule has 1 atom stereocenters. The van der Waals surface area contributed by atoms with Gasteiger partial charge in [0.15, 0.2) is 28.1 Å². The summed E-state index contributed by atoms with van der Waals surface area (Å²) in [5.41, 5.74) is 1.70. The third kappa shape index (κ3) is 7.70. The molecule has 182 valence electrons. The minimum absolute atomic E-state index is 0.0210.